The first-order valence-electron chi connectivity index (χ1n) is 8.06. The molecule has 0 spiro atoms. The molecule has 0 bridgehead atoms. The molecule has 2 aliphatic carbocycles. The zero-order chi connectivity index (χ0) is 16.0. The van der Waals surface area contributed by atoms with E-state index < -0.39 is 0 Å². The monoisotopic (exact) mass is 348 g/mol. The number of hydrogen-bond donors (Lipinski definition) is 1. The Labute approximate surface area is 143 Å². The number of Topliss-reactive ketones (excluding diaryl/α,β-unsaturated/α-hetero) is 1. The van der Waals surface area contributed by atoms with Crippen LogP contribution in [-0.4, -0.2) is 32.3 Å². The Kier molecular flexibility index (Phi) is 3.93. The molecule has 2 heterocycles. The van der Waals surface area contributed by atoms with Gasteiger partial charge < -0.3 is 9.88 Å². The van der Waals surface area contributed by atoms with Gasteiger partial charge in [0.25, 0.3) is 0 Å². The molecule has 0 aliphatic heterocycles. The third kappa shape index (κ3) is 3.30. The summed E-state index contributed by atoms with van der Waals surface area (Å²) in [4.78, 5) is 12.5. The predicted molar refractivity (Wildman–Crippen MR) is 93.8 cm³/mol. The number of rotatable bonds is 7. The molecule has 0 atom stereocenters. The molecule has 2 aromatic rings. The van der Waals surface area contributed by atoms with E-state index in [1.54, 1.807) is 0 Å². The molecule has 23 heavy (non-hydrogen) atoms. The quantitative estimate of drug-likeness (QED) is 0.608. The second-order valence-corrected chi connectivity index (χ2v) is 8.59. The Morgan fingerprint density at radius 1 is 1.35 bits per heavy atom. The van der Waals surface area contributed by atoms with Crippen molar-refractivity contribution in [3.8, 4) is 0 Å². The fraction of sp³-hybridized carbons (Fsp3) is 0.562. The van der Waals surface area contributed by atoms with E-state index in [-0.39, 0.29) is 5.78 Å². The standard InChI is InChI=1S/C16H20N4OS2/c1-9-7-13(10(2)20(9)12-5-6-12)14(21)8-22-16-19-18-15(23-16)17-11-3-4-11/h7,11-12H,3-6,8H2,1-2H3,(H,17,18). The number of anilines is 1. The van der Waals surface area contributed by atoms with Crippen molar-refractivity contribution >= 4 is 34.0 Å². The summed E-state index contributed by atoms with van der Waals surface area (Å²) in [5.74, 6) is 0.606. The van der Waals surface area contributed by atoms with Gasteiger partial charge in [-0.2, -0.15) is 0 Å². The van der Waals surface area contributed by atoms with Crippen LogP contribution in [0.25, 0.3) is 0 Å². The van der Waals surface area contributed by atoms with Crippen LogP contribution in [0.4, 0.5) is 5.13 Å². The van der Waals surface area contributed by atoms with Crippen LogP contribution < -0.4 is 5.32 Å². The van der Waals surface area contributed by atoms with Crippen molar-refractivity contribution in [2.75, 3.05) is 11.1 Å². The van der Waals surface area contributed by atoms with Crippen LogP contribution in [0.1, 0.15) is 53.5 Å². The van der Waals surface area contributed by atoms with Crippen LogP contribution in [0.2, 0.25) is 0 Å². The zero-order valence-corrected chi connectivity index (χ0v) is 15.0. The minimum atomic E-state index is 0.182. The smallest absolute Gasteiger partial charge is 0.206 e. The van der Waals surface area contributed by atoms with Crippen LogP contribution in [0.3, 0.4) is 0 Å². The highest BCUT2D eigenvalue weighted by atomic mass is 32.2. The summed E-state index contributed by atoms with van der Waals surface area (Å²) in [5.41, 5.74) is 3.18. The van der Waals surface area contributed by atoms with Crippen LogP contribution in [0.15, 0.2) is 10.4 Å². The summed E-state index contributed by atoms with van der Waals surface area (Å²) in [6, 6.07) is 3.23. The van der Waals surface area contributed by atoms with Gasteiger partial charge in [-0.3, -0.25) is 4.79 Å². The van der Waals surface area contributed by atoms with Crippen LogP contribution in [0, 0.1) is 13.8 Å². The van der Waals surface area contributed by atoms with Gasteiger partial charge in [-0.15, -0.1) is 10.2 Å². The molecule has 4 rings (SSSR count). The van der Waals surface area contributed by atoms with Crippen molar-refractivity contribution < 1.29 is 4.79 Å². The highest BCUT2D eigenvalue weighted by Gasteiger charge is 2.28. The second-order valence-electron chi connectivity index (χ2n) is 6.39. The van der Waals surface area contributed by atoms with Gasteiger partial charge in [0.05, 0.1) is 5.75 Å². The van der Waals surface area contributed by atoms with Crippen molar-refractivity contribution in [3.05, 3.63) is 23.0 Å². The van der Waals surface area contributed by atoms with Crippen molar-refractivity contribution in [3.63, 3.8) is 0 Å². The van der Waals surface area contributed by atoms with Crippen molar-refractivity contribution in [2.45, 2.75) is 56.0 Å². The van der Waals surface area contributed by atoms with E-state index in [2.05, 4.69) is 33.9 Å². The largest absolute Gasteiger partial charge is 0.357 e. The fourth-order valence-corrected chi connectivity index (χ4v) is 4.60. The SMILES string of the molecule is Cc1cc(C(=O)CSc2nnc(NC3CC3)s2)c(C)n1C1CC1. The van der Waals surface area contributed by atoms with E-state index in [0.29, 0.717) is 17.8 Å². The Morgan fingerprint density at radius 2 is 2.13 bits per heavy atom. The normalized spacial score (nSPS) is 17.5. The van der Waals surface area contributed by atoms with Gasteiger partial charge in [-0.25, -0.2) is 0 Å². The van der Waals surface area contributed by atoms with Crippen molar-refractivity contribution in [1.29, 1.82) is 0 Å². The number of aryl methyl sites for hydroxylation is 1. The maximum absolute atomic E-state index is 12.5. The van der Waals surface area contributed by atoms with Crippen LogP contribution in [-0.2, 0) is 0 Å². The lowest BCUT2D eigenvalue weighted by atomic mass is 10.2. The lowest BCUT2D eigenvalue weighted by Crippen LogP contribution is -2.05. The Hall–Kier alpha value is -1.34. The summed E-state index contributed by atoms with van der Waals surface area (Å²) in [6.45, 7) is 4.15. The fourth-order valence-electron chi connectivity index (χ4n) is 2.89. The number of nitrogens with one attached hydrogen (secondary N) is 1. The highest BCUT2D eigenvalue weighted by molar-refractivity contribution is 8.01. The van der Waals surface area contributed by atoms with E-state index in [0.717, 1.165) is 20.7 Å². The number of ketones is 1. The molecule has 2 aliphatic rings. The van der Waals surface area contributed by atoms with E-state index >= 15 is 0 Å². The third-order valence-corrected chi connectivity index (χ3v) is 6.32. The van der Waals surface area contributed by atoms with E-state index in [4.69, 9.17) is 0 Å². The maximum Gasteiger partial charge on any atom is 0.206 e. The lowest BCUT2D eigenvalue weighted by Gasteiger charge is -2.07. The molecular weight excluding hydrogens is 328 g/mol. The summed E-state index contributed by atoms with van der Waals surface area (Å²) < 4.78 is 3.18. The molecule has 0 saturated heterocycles. The predicted octanol–water partition coefficient (Wildman–Crippen LogP) is 3.84. The number of aromatic nitrogens is 3. The van der Waals surface area contributed by atoms with Gasteiger partial charge >= 0.3 is 0 Å². The summed E-state index contributed by atoms with van der Waals surface area (Å²) >= 11 is 3.02. The highest BCUT2D eigenvalue weighted by Crippen LogP contribution is 2.38. The summed E-state index contributed by atoms with van der Waals surface area (Å²) in [7, 11) is 0. The minimum Gasteiger partial charge on any atom is -0.357 e. The second kappa shape index (κ2) is 5.94. The van der Waals surface area contributed by atoms with E-state index in [9.17, 15) is 4.79 Å². The topological polar surface area (TPSA) is 59.8 Å². The molecule has 0 aromatic carbocycles. The number of carbonyl (C=O) groups is 1. The summed E-state index contributed by atoms with van der Waals surface area (Å²) in [5, 5.41) is 12.5. The van der Waals surface area contributed by atoms with Crippen LogP contribution in [0.5, 0.6) is 0 Å². The molecule has 0 radical (unpaired) electrons. The van der Waals surface area contributed by atoms with Gasteiger partial charge in [0.1, 0.15) is 0 Å². The number of carbonyl (C=O) groups excluding carboxylic acids is 1. The first-order chi connectivity index (χ1) is 11.1. The molecular formula is C16H20N4OS2. The molecule has 2 fully saturated rings. The Bertz CT molecular complexity index is 743. The van der Waals surface area contributed by atoms with Crippen LogP contribution >= 0.6 is 23.1 Å². The van der Waals surface area contributed by atoms with E-state index in [1.807, 2.05) is 6.07 Å². The van der Waals surface area contributed by atoms with E-state index in [1.165, 1.54) is 54.5 Å². The molecule has 0 unspecified atom stereocenters. The third-order valence-electron chi connectivity index (χ3n) is 4.33. The van der Waals surface area contributed by atoms with Crippen molar-refractivity contribution in [2.24, 2.45) is 0 Å². The maximum atomic E-state index is 12.5. The zero-order valence-electron chi connectivity index (χ0n) is 13.3. The summed E-state index contributed by atoms with van der Waals surface area (Å²) in [6.07, 6.45) is 4.91. The molecule has 0 amide bonds. The van der Waals surface area contributed by atoms with Gasteiger partial charge in [-0.1, -0.05) is 23.1 Å². The number of nitrogens with zero attached hydrogens (tertiary/aromatic N) is 3. The van der Waals surface area contributed by atoms with Crippen molar-refractivity contribution in [1.82, 2.24) is 14.8 Å². The van der Waals surface area contributed by atoms with Gasteiger partial charge in [0.15, 0.2) is 10.1 Å². The van der Waals surface area contributed by atoms with Gasteiger partial charge in [-0.05, 0) is 45.6 Å². The molecule has 122 valence electrons. The average molecular weight is 348 g/mol. The lowest BCUT2D eigenvalue weighted by molar-refractivity contribution is 0.102. The molecule has 2 aromatic heterocycles. The van der Waals surface area contributed by atoms with Gasteiger partial charge in [0, 0.05) is 29.0 Å². The Balaban J connectivity index is 1.39. The number of thioether (sulfide) groups is 1. The Morgan fingerprint density at radius 3 is 2.83 bits per heavy atom. The minimum absolute atomic E-state index is 0.182. The number of hydrogen-bond acceptors (Lipinski definition) is 6. The van der Waals surface area contributed by atoms with Gasteiger partial charge in [0.2, 0.25) is 5.13 Å². The molecule has 1 N–H and O–H groups in total. The average Bonchev–Trinajstić information content (AvgIpc) is 3.43. The molecule has 5 nitrogen and oxygen atoms in total. The molecule has 7 heteroatoms. The first-order valence-corrected chi connectivity index (χ1v) is 9.86. The first kappa shape index (κ1) is 15.2. The molecule has 2 saturated carbocycles.